The van der Waals surface area contributed by atoms with Gasteiger partial charge in [-0.15, -0.1) is 0 Å². The van der Waals surface area contributed by atoms with Gasteiger partial charge >= 0.3 is 0 Å². The lowest BCUT2D eigenvalue weighted by Gasteiger charge is -2.34. The Labute approximate surface area is 133 Å². The molecule has 0 N–H and O–H groups in total. The minimum Gasteiger partial charge on any atom is -0.366 e. The minimum absolute atomic E-state index is 0.424. The Bertz CT molecular complexity index is 631. The van der Waals surface area contributed by atoms with Crippen molar-refractivity contribution in [2.75, 3.05) is 20.6 Å². The van der Waals surface area contributed by atoms with E-state index in [9.17, 15) is 0 Å². The molecule has 3 rings (SSSR count). The van der Waals surface area contributed by atoms with Crippen molar-refractivity contribution in [1.29, 1.82) is 0 Å². The van der Waals surface area contributed by atoms with Gasteiger partial charge in [0.15, 0.2) is 0 Å². The first-order valence-corrected chi connectivity index (χ1v) is 7.95. The summed E-state index contributed by atoms with van der Waals surface area (Å²) < 4.78 is 0. The van der Waals surface area contributed by atoms with Gasteiger partial charge in [-0.1, -0.05) is 54.6 Å². The van der Waals surface area contributed by atoms with Crippen LogP contribution in [0.15, 0.2) is 60.8 Å². The molecular formula is C20H24N2. The van der Waals surface area contributed by atoms with Crippen LogP contribution in [0, 0.1) is 0 Å². The SMILES string of the molecule is CN(C)CCC(c1ccccc1)N1C=Cc2ccccc2C1. The maximum Gasteiger partial charge on any atom is 0.0552 e. The largest absolute Gasteiger partial charge is 0.366 e. The van der Waals surface area contributed by atoms with Crippen molar-refractivity contribution in [3.05, 3.63) is 77.5 Å². The van der Waals surface area contributed by atoms with Gasteiger partial charge in [0.05, 0.1) is 6.04 Å². The zero-order valence-corrected chi connectivity index (χ0v) is 13.4. The molecule has 0 amide bonds. The van der Waals surface area contributed by atoms with Crippen molar-refractivity contribution in [2.45, 2.75) is 19.0 Å². The quantitative estimate of drug-likeness (QED) is 0.816. The standard InChI is InChI=1S/C20H24N2/c1-21(2)14-13-20(18-9-4-3-5-10-18)22-15-12-17-8-6-7-11-19(17)16-22/h3-12,15,20H,13-14,16H2,1-2H3. The molecule has 2 aromatic carbocycles. The van der Waals surface area contributed by atoms with E-state index in [1.807, 2.05) is 0 Å². The molecule has 0 fully saturated rings. The Kier molecular flexibility index (Phi) is 4.59. The number of rotatable bonds is 5. The van der Waals surface area contributed by atoms with Crippen LogP contribution >= 0.6 is 0 Å². The number of hydrogen-bond acceptors (Lipinski definition) is 2. The van der Waals surface area contributed by atoms with Gasteiger partial charge < -0.3 is 9.80 Å². The normalized spacial score (nSPS) is 15.0. The zero-order chi connectivity index (χ0) is 15.4. The maximum absolute atomic E-state index is 2.47. The van der Waals surface area contributed by atoms with Gasteiger partial charge in [-0.3, -0.25) is 0 Å². The molecule has 1 aliphatic rings. The monoisotopic (exact) mass is 292 g/mol. The lowest BCUT2D eigenvalue weighted by atomic mass is 9.98. The van der Waals surface area contributed by atoms with Gasteiger partial charge in [-0.05, 0) is 49.8 Å². The van der Waals surface area contributed by atoms with Gasteiger partial charge in [0.25, 0.3) is 0 Å². The van der Waals surface area contributed by atoms with Gasteiger partial charge in [0.1, 0.15) is 0 Å². The predicted octanol–water partition coefficient (Wildman–Crippen LogP) is 4.17. The van der Waals surface area contributed by atoms with Crippen LogP contribution in [0.3, 0.4) is 0 Å². The van der Waals surface area contributed by atoms with E-state index in [2.05, 4.69) is 90.8 Å². The zero-order valence-electron chi connectivity index (χ0n) is 13.4. The fraction of sp³-hybridized carbons (Fsp3) is 0.300. The summed E-state index contributed by atoms with van der Waals surface area (Å²) in [6.07, 6.45) is 5.63. The summed E-state index contributed by atoms with van der Waals surface area (Å²) in [5.41, 5.74) is 4.15. The van der Waals surface area contributed by atoms with Crippen LogP contribution in [0.25, 0.3) is 6.08 Å². The molecule has 1 unspecified atom stereocenters. The third-order valence-corrected chi connectivity index (χ3v) is 4.29. The van der Waals surface area contributed by atoms with Crippen molar-refractivity contribution in [2.24, 2.45) is 0 Å². The van der Waals surface area contributed by atoms with Crippen molar-refractivity contribution >= 4 is 6.08 Å². The molecule has 0 aliphatic carbocycles. The number of nitrogens with zero attached hydrogens (tertiary/aromatic N) is 2. The van der Waals surface area contributed by atoms with Crippen LogP contribution < -0.4 is 0 Å². The number of hydrogen-bond donors (Lipinski definition) is 0. The fourth-order valence-corrected chi connectivity index (χ4v) is 3.06. The molecule has 1 aliphatic heterocycles. The topological polar surface area (TPSA) is 6.48 Å². The molecule has 1 heterocycles. The van der Waals surface area contributed by atoms with Crippen LogP contribution in [0.4, 0.5) is 0 Å². The second kappa shape index (κ2) is 6.80. The van der Waals surface area contributed by atoms with E-state index in [1.165, 1.54) is 16.7 Å². The van der Waals surface area contributed by atoms with Gasteiger partial charge in [-0.25, -0.2) is 0 Å². The first-order chi connectivity index (χ1) is 10.7. The van der Waals surface area contributed by atoms with E-state index in [0.717, 1.165) is 19.5 Å². The highest BCUT2D eigenvalue weighted by Crippen LogP contribution is 2.30. The van der Waals surface area contributed by atoms with Crippen molar-refractivity contribution in [1.82, 2.24) is 9.80 Å². The van der Waals surface area contributed by atoms with E-state index in [-0.39, 0.29) is 0 Å². The second-order valence-electron chi connectivity index (χ2n) is 6.21. The average molecular weight is 292 g/mol. The molecule has 0 bridgehead atoms. The summed E-state index contributed by atoms with van der Waals surface area (Å²) >= 11 is 0. The average Bonchev–Trinajstić information content (AvgIpc) is 2.55. The van der Waals surface area contributed by atoms with E-state index < -0.39 is 0 Å². The van der Waals surface area contributed by atoms with E-state index in [0.29, 0.717) is 6.04 Å². The first kappa shape index (κ1) is 14.9. The summed E-state index contributed by atoms with van der Waals surface area (Å²) in [6.45, 7) is 2.07. The van der Waals surface area contributed by atoms with Gasteiger partial charge in [-0.2, -0.15) is 0 Å². The second-order valence-corrected chi connectivity index (χ2v) is 6.21. The molecule has 0 radical (unpaired) electrons. The van der Waals surface area contributed by atoms with E-state index in [4.69, 9.17) is 0 Å². The Morgan fingerprint density at radius 3 is 2.50 bits per heavy atom. The van der Waals surface area contributed by atoms with Crippen LogP contribution in [0.1, 0.15) is 29.2 Å². The van der Waals surface area contributed by atoms with E-state index >= 15 is 0 Å². The van der Waals surface area contributed by atoms with Crippen LogP contribution in [-0.4, -0.2) is 30.4 Å². The number of benzene rings is 2. The van der Waals surface area contributed by atoms with Crippen molar-refractivity contribution in [3.63, 3.8) is 0 Å². The van der Waals surface area contributed by atoms with Crippen LogP contribution in [0.5, 0.6) is 0 Å². The maximum atomic E-state index is 2.47. The minimum atomic E-state index is 0.424. The predicted molar refractivity (Wildman–Crippen MR) is 93.4 cm³/mol. The lowest BCUT2D eigenvalue weighted by molar-refractivity contribution is 0.234. The molecule has 22 heavy (non-hydrogen) atoms. The third kappa shape index (κ3) is 3.40. The summed E-state index contributed by atoms with van der Waals surface area (Å²) in [5.74, 6) is 0. The fourth-order valence-electron chi connectivity index (χ4n) is 3.06. The summed E-state index contributed by atoms with van der Waals surface area (Å²) in [5, 5.41) is 0. The molecule has 0 aromatic heterocycles. The summed E-state index contributed by atoms with van der Waals surface area (Å²) in [4.78, 5) is 4.73. The van der Waals surface area contributed by atoms with Gasteiger partial charge in [0, 0.05) is 12.7 Å². The highest BCUT2D eigenvalue weighted by Gasteiger charge is 2.20. The molecular weight excluding hydrogens is 268 g/mol. The van der Waals surface area contributed by atoms with E-state index in [1.54, 1.807) is 0 Å². The molecule has 2 nitrogen and oxygen atoms in total. The summed E-state index contributed by atoms with van der Waals surface area (Å²) in [7, 11) is 4.28. The molecule has 0 spiro atoms. The highest BCUT2D eigenvalue weighted by atomic mass is 15.2. The van der Waals surface area contributed by atoms with Crippen LogP contribution in [-0.2, 0) is 6.54 Å². The smallest absolute Gasteiger partial charge is 0.0552 e. The van der Waals surface area contributed by atoms with Crippen molar-refractivity contribution < 1.29 is 0 Å². The van der Waals surface area contributed by atoms with Crippen LogP contribution in [0.2, 0.25) is 0 Å². The first-order valence-electron chi connectivity index (χ1n) is 7.95. The molecule has 0 saturated heterocycles. The summed E-state index contributed by atoms with van der Waals surface area (Å²) in [6, 6.07) is 20.0. The lowest BCUT2D eigenvalue weighted by Crippen LogP contribution is -2.28. The van der Waals surface area contributed by atoms with Gasteiger partial charge in [0.2, 0.25) is 0 Å². The Balaban J connectivity index is 1.84. The molecule has 114 valence electrons. The molecule has 0 saturated carbocycles. The molecule has 2 aromatic rings. The Morgan fingerprint density at radius 1 is 1.00 bits per heavy atom. The number of fused-ring (bicyclic) bond motifs is 1. The molecule has 1 atom stereocenters. The van der Waals surface area contributed by atoms with Crippen molar-refractivity contribution in [3.8, 4) is 0 Å². The third-order valence-electron chi connectivity index (χ3n) is 4.29. The highest BCUT2D eigenvalue weighted by molar-refractivity contribution is 5.55. The Hall–Kier alpha value is -2.06. The Morgan fingerprint density at radius 2 is 1.73 bits per heavy atom. The molecule has 2 heteroatoms.